The summed E-state index contributed by atoms with van der Waals surface area (Å²) < 4.78 is 0. The van der Waals surface area contributed by atoms with Crippen molar-refractivity contribution in [2.45, 2.75) is 63.4 Å². The van der Waals surface area contributed by atoms with Crippen LogP contribution in [0.2, 0.25) is 0 Å². The van der Waals surface area contributed by atoms with Crippen LogP contribution in [0.5, 0.6) is 0 Å². The molecule has 4 amide bonds. The number of carbonyl (C=O) groups excluding carboxylic acids is 4. The molecule has 0 bridgehead atoms. The van der Waals surface area contributed by atoms with Crippen molar-refractivity contribution in [3.63, 3.8) is 0 Å². The first-order valence-corrected chi connectivity index (χ1v) is 8.81. The average Bonchev–Trinajstić information content (AvgIpc) is 3.07. The Hall–Kier alpha value is -2.73. The van der Waals surface area contributed by atoms with Gasteiger partial charge in [0, 0.05) is 6.54 Å². The smallest absolute Gasteiger partial charge is 0.326 e. The summed E-state index contributed by atoms with van der Waals surface area (Å²) in [6.07, 6.45) is -0.912. The lowest BCUT2D eigenvalue weighted by molar-refractivity contribution is -0.149. The van der Waals surface area contributed by atoms with Gasteiger partial charge in [-0.15, -0.1) is 0 Å². The van der Waals surface area contributed by atoms with Gasteiger partial charge in [0.05, 0.1) is 18.6 Å². The molecular weight excluding hydrogens is 374 g/mol. The van der Waals surface area contributed by atoms with Crippen molar-refractivity contribution in [3.8, 4) is 0 Å². The number of hydrogen-bond donors (Lipinski definition) is 6. The van der Waals surface area contributed by atoms with Crippen LogP contribution in [0.3, 0.4) is 0 Å². The lowest BCUT2D eigenvalue weighted by Crippen LogP contribution is -2.59. The molecule has 1 fully saturated rings. The minimum atomic E-state index is -1.43. The van der Waals surface area contributed by atoms with Crippen LogP contribution in [0.1, 0.15) is 33.1 Å². The Morgan fingerprint density at radius 1 is 1.14 bits per heavy atom. The summed E-state index contributed by atoms with van der Waals surface area (Å²) in [6, 6.07) is -4.77. The van der Waals surface area contributed by atoms with Gasteiger partial charge in [-0.1, -0.05) is 0 Å². The second kappa shape index (κ2) is 9.99. The van der Waals surface area contributed by atoms with Gasteiger partial charge < -0.3 is 37.2 Å². The Morgan fingerprint density at radius 2 is 1.75 bits per heavy atom. The summed E-state index contributed by atoms with van der Waals surface area (Å²) in [5.74, 6) is -4.24. The van der Waals surface area contributed by atoms with Crippen LogP contribution in [0.25, 0.3) is 0 Å². The summed E-state index contributed by atoms with van der Waals surface area (Å²) in [5, 5.41) is 23.5. The van der Waals surface area contributed by atoms with Crippen LogP contribution in [0, 0.1) is 0 Å². The van der Waals surface area contributed by atoms with Crippen LogP contribution in [0.4, 0.5) is 0 Å². The Labute approximate surface area is 161 Å². The Balaban J connectivity index is 2.75. The van der Waals surface area contributed by atoms with Crippen molar-refractivity contribution in [1.82, 2.24) is 15.5 Å². The number of carboxylic acid groups (broad SMARTS) is 1. The van der Waals surface area contributed by atoms with Gasteiger partial charge in [-0.05, 0) is 26.7 Å². The standard InChI is InChI=1S/C16H27N5O7/c1-7(15(26)21-5-3-4-10(21)16(27)28)19-14(25)12(8(2)22)20-13(24)9(17)6-11(18)23/h7-10,12,22H,3-6,17H2,1-2H3,(H2,18,23)(H,19,25)(H,20,24)(H,27,28). The molecule has 158 valence electrons. The van der Waals surface area contributed by atoms with Crippen molar-refractivity contribution in [1.29, 1.82) is 0 Å². The number of hydrogen-bond acceptors (Lipinski definition) is 7. The molecule has 0 spiro atoms. The number of rotatable bonds is 9. The molecular formula is C16H27N5O7. The molecule has 0 radical (unpaired) electrons. The van der Waals surface area contributed by atoms with Crippen LogP contribution in [-0.4, -0.2) is 81.5 Å². The van der Waals surface area contributed by atoms with Crippen molar-refractivity contribution in [2.75, 3.05) is 6.54 Å². The summed E-state index contributed by atoms with van der Waals surface area (Å²) in [5.41, 5.74) is 10.5. The fraction of sp³-hybridized carbons (Fsp3) is 0.688. The van der Waals surface area contributed by atoms with Crippen molar-refractivity contribution < 1.29 is 34.2 Å². The van der Waals surface area contributed by atoms with E-state index in [-0.39, 0.29) is 6.54 Å². The zero-order valence-electron chi connectivity index (χ0n) is 15.8. The number of nitrogens with zero attached hydrogens (tertiary/aromatic N) is 1. The van der Waals surface area contributed by atoms with Gasteiger partial charge in [0.2, 0.25) is 23.6 Å². The van der Waals surface area contributed by atoms with E-state index in [0.717, 1.165) is 0 Å². The molecule has 0 saturated carbocycles. The lowest BCUT2D eigenvalue weighted by Gasteiger charge is -2.27. The largest absolute Gasteiger partial charge is 0.480 e. The maximum absolute atomic E-state index is 12.5. The van der Waals surface area contributed by atoms with Crippen molar-refractivity contribution >= 4 is 29.6 Å². The van der Waals surface area contributed by atoms with Gasteiger partial charge in [0.15, 0.2) is 0 Å². The second-order valence-electron chi connectivity index (χ2n) is 6.76. The second-order valence-corrected chi connectivity index (χ2v) is 6.76. The molecule has 1 heterocycles. The number of aliphatic hydroxyl groups is 1. The minimum Gasteiger partial charge on any atom is -0.480 e. The molecule has 1 aliphatic heterocycles. The maximum atomic E-state index is 12.5. The van der Waals surface area contributed by atoms with Gasteiger partial charge in [-0.2, -0.15) is 0 Å². The lowest BCUT2D eigenvalue weighted by atomic mass is 10.1. The fourth-order valence-electron chi connectivity index (χ4n) is 2.88. The topological polar surface area (TPSA) is 205 Å². The van der Waals surface area contributed by atoms with Crippen LogP contribution >= 0.6 is 0 Å². The molecule has 5 unspecified atom stereocenters. The Morgan fingerprint density at radius 3 is 2.25 bits per heavy atom. The van der Waals surface area contributed by atoms with Gasteiger partial charge in [0.1, 0.15) is 18.1 Å². The molecule has 0 aromatic rings. The molecule has 0 aliphatic carbocycles. The molecule has 12 heteroatoms. The van der Waals surface area contributed by atoms with Gasteiger partial charge >= 0.3 is 5.97 Å². The molecule has 1 rings (SSSR count). The Bertz CT molecular complexity index is 639. The highest BCUT2D eigenvalue weighted by Crippen LogP contribution is 2.18. The van der Waals surface area contributed by atoms with E-state index in [0.29, 0.717) is 12.8 Å². The number of nitrogens with one attached hydrogen (secondary N) is 2. The highest BCUT2D eigenvalue weighted by Gasteiger charge is 2.37. The molecule has 12 nitrogen and oxygen atoms in total. The first kappa shape index (κ1) is 23.3. The van der Waals surface area contributed by atoms with Gasteiger partial charge in [0.25, 0.3) is 0 Å². The number of primary amides is 1. The predicted octanol–water partition coefficient (Wildman–Crippen LogP) is -3.36. The summed E-state index contributed by atoms with van der Waals surface area (Å²) in [7, 11) is 0. The van der Waals surface area contributed by atoms with Crippen molar-refractivity contribution in [3.05, 3.63) is 0 Å². The van der Waals surface area contributed by atoms with E-state index in [2.05, 4.69) is 10.6 Å². The molecule has 0 aromatic carbocycles. The molecule has 0 aromatic heterocycles. The quantitative estimate of drug-likeness (QED) is 0.229. The number of aliphatic hydroxyl groups excluding tert-OH is 1. The highest BCUT2D eigenvalue weighted by molar-refractivity contribution is 5.95. The minimum absolute atomic E-state index is 0.258. The summed E-state index contributed by atoms with van der Waals surface area (Å²) in [6.45, 7) is 2.88. The molecule has 8 N–H and O–H groups in total. The number of aliphatic carboxylic acids is 1. The van der Waals surface area contributed by atoms with Crippen LogP contribution < -0.4 is 22.1 Å². The van der Waals surface area contributed by atoms with E-state index in [4.69, 9.17) is 16.6 Å². The monoisotopic (exact) mass is 401 g/mol. The van der Waals surface area contributed by atoms with Gasteiger partial charge in [-0.3, -0.25) is 19.2 Å². The normalized spacial score (nSPS) is 20.6. The molecule has 1 saturated heterocycles. The number of carbonyl (C=O) groups is 5. The summed E-state index contributed by atoms with van der Waals surface area (Å²) in [4.78, 5) is 60.1. The predicted molar refractivity (Wildman–Crippen MR) is 95.4 cm³/mol. The van der Waals surface area contributed by atoms with Crippen LogP contribution in [-0.2, 0) is 24.0 Å². The average molecular weight is 401 g/mol. The zero-order valence-corrected chi connectivity index (χ0v) is 15.8. The first-order chi connectivity index (χ1) is 13.0. The third kappa shape index (κ3) is 6.16. The molecule has 1 aliphatic rings. The van der Waals surface area contributed by atoms with E-state index in [1.807, 2.05) is 0 Å². The maximum Gasteiger partial charge on any atom is 0.326 e. The highest BCUT2D eigenvalue weighted by atomic mass is 16.4. The van der Waals surface area contributed by atoms with Crippen molar-refractivity contribution in [2.24, 2.45) is 11.5 Å². The zero-order chi connectivity index (χ0) is 21.6. The molecule has 28 heavy (non-hydrogen) atoms. The van der Waals surface area contributed by atoms with E-state index in [1.165, 1.54) is 18.7 Å². The van der Waals surface area contributed by atoms with Crippen LogP contribution in [0.15, 0.2) is 0 Å². The third-order valence-corrected chi connectivity index (χ3v) is 4.37. The number of carboxylic acids is 1. The van der Waals surface area contributed by atoms with Gasteiger partial charge in [-0.25, -0.2) is 4.79 Å². The van der Waals surface area contributed by atoms with E-state index < -0.39 is 66.3 Å². The van der Waals surface area contributed by atoms with E-state index >= 15 is 0 Å². The number of nitrogens with two attached hydrogens (primary N) is 2. The van der Waals surface area contributed by atoms with E-state index in [9.17, 15) is 29.1 Å². The first-order valence-electron chi connectivity index (χ1n) is 8.81. The number of amides is 4. The summed E-state index contributed by atoms with van der Waals surface area (Å²) >= 11 is 0. The fourth-order valence-corrected chi connectivity index (χ4v) is 2.88. The molecule has 5 atom stereocenters. The SMILES string of the molecule is CC(NC(=O)C(NC(=O)C(N)CC(N)=O)C(C)O)C(=O)N1CCCC1C(=O)O. The van der Waals surface area contributed by atoms with E-state index in [1.54, 1.807) is 0 Å². The number of likely N-dealkylation sites (tertiary alicyclic amines) is 1. The Kier molecular flexibility index (Phi) is 8.32. The third-order valence-electron chi connectivity index (χ3n) is 4.37.